The molecular formula is C12H18ClN3O2S. The second-order valence-electron chi connectivity index (χ2n) is 4.33. The van der Waals surface area contributed by atoms with Crippen molar-refractivity contribution >= 4 is 29.0 Å². The molecule has 0 N–H and O–H groups in total. The van der Waals surface area contributed by atoms with Crippen LogP contribution in [0.2, 0.25) is 0 Å². The Morgan fingerprint density at radius 2 is 2.21 bits per heavy atom. The Labute approximate surface area is 122 Å². The molecule has 1 saturated heterocycles. The molecule has 2 heterocycles. The summed E-state index contributed by atoms with van der Waals surface area (Å²) in [6, 6.07) is 0. The zero-order valence-electron chi connectivity index (χ0n) is 11.0. The molecular weight excluding hydrogens is 286 g/mol. The number of nitrogens with zero attached hydrogens (tertiary/aromatic N) is 3. The van der Waals surface area contributed by atoms with Gasteiger partial charge in [0.15, 0.2) is 0 Å². The molecule has 7 heteroatoms. The summed E-state index contributed by atoms with van der Waals surface area (Å²) in [7, 11) is 0. The minimum absolute atomic E-state index is 0.208. The van der Waals surface area contributed by atoms with Gasteiger partial charge in [-0.05, 0) is 6.92 Å². The number of thiazole rings is 1. The number of piperazine rings is 1. The molecule has 2 rings (SSSR count). The van der Waals surface area contributed by atoms with Crippen LogP contribution in [0.1, 0.15) is 17.6 Å². The van der Waals surface area contributed by atoms with Crippen LogP contribution in [0.5, 0.6) is 0 Å². The molecule has 0 saturated carbocycles. The smallest absolute Gasteiger partial charge is 0.409 e. The van der Waals surface area contributed by atoms with E-state index >= 15 is 0 Å². The van der Waals surface area contributed by atoms with Crippen molar-refractivity contribution in [2.24, 2.45) is 0 Å². The summed E-state index contributed by atoms with van der Waals surface area (Å²) in [4.78, 5) is 20.1. The maximum absolute atomic E-state index is 11.6. The maximum atomic E-state index is 11.6. The second-order valence-corrected chi connectivity index (χ2v) is 5.54. The number of hydrogen-bond donors (Lipinski definition) is 0. The molecule has 0 radical (unpaired) electrons. The van der Waals surface area contributed by atoms with E-state index in [1.165, 1.54) is 0 Å². The minimum atomic E-state index is -0.208. The number of halogens is 1. The third kappa shape index (κ3) is 4.06. The van der Waals surface area contributed by atoms with E-state index in [1.54, 1.807) is 16.2 Å². The molecule has 1 aromatic rings. The first-order chi connectivity index (χ1) is 9.22. The number of hydrogen-bond acceptors (Lipinski definition) is 5. The van der Waals surface area contributed by atoms with Crippen molar-refractivity contribution in [1.82, 2.24) is 14.8 Å². The van der Waals surface area contributed by atoms with Crippen molar-refractivity contribution in [3.05, 3.63) is 16.1 Å². The lowest BCUT2D eigenvalue weighted by Crippen LogP contribution is -2.48. The van der Waals surface area contributed by atoms with Crippen LogP contribution in [0.25, 0.3) is 0 Å². The van der Waals surface area contributed by atoms with Gasteiger partial charge in [-0.15, -0.1) is 22.9 Å². The highest BCUT2D eigenvalue weighted by Gasteiger charge is 2.22. The average Bonchev–Trinajstić information content (AvgIpc) is 2.87. The maximum Gasteiger partial charge on any atom is 0.409 e. The van der Waals surface area contributed by atoms with Gasteiger partial charge in [-0.1, -0.05) is 0 Å². The highest BCUT2D eigenvalue weighted by atomic mass is 35.5. The fourth-order valence-corrected chi connectivity index (χ4v) is 3.04. The molecule has 1 aliphatic heterocycles. The number of carbonyl (C=O) groups excluding carboxylic acids is 1. The molecule has 1 aromatic heterocycles. The first-order valence-corrected chi connectivity index (χ1v) is 7.77. The highest BCUT2D eigenvalue weighted by molar-refractivity contribution is 7.09. The van der Waals surface area contributed by atoms with Crippen molar-refractivity contribution in [3.63, 3.8) is 0 Å². The lowest BCUT2D eigenvalue weighted by atomic mass is 10.3. The Hall–Kier alpha value is -0.850. The molecule has 1 amide bonds. The zero-order valence-corrected chi connectivity index (χ0v) is 12.5. The number of ether oxygens (including phenoxy) is 1. The summed E-state index contributed by atoms with van der Waals surface area (Å²) in [6.45, 7) is 6.23. The third-order valence-electron chi connectivity index (χ3n) is 2.99. The first kappa shape index (κ1) is 14.6. The second kappa shape index (κ2) is 7.07. The average molecular weight is 304 g/mol. The van der Waals surface area contributed by atoms with Crippen LogP contribution in [0, 0.1) is 0 Å². The van der Waals surface area contributed by atoms with Crippen molar-refractivity contribution in [2.75, 3.05) is 32.8 Å². The van der Waals surface area contributed by atoms with Gasteiger partial charge in [0.25, 0.3) is 0 Å². The Morgan fingerprint density at radius 1 is 1.47 bits per heavy atom. The SMILES string of the molecule is CCOC(=O)N1CCN(Cc2nc(CCl)cs2)CC1. The highest BCUT2D eigenvalue weighted by Crippen LogP contribution is 2.15. The van der Waals surface area contributed by atoms with Crippen LogP contribution in [-0.2, 0) is 17.2 Å². The van der Waals surface area contributed by atoms with Gasteiger partial charge in [0.1, 0.15) is 5.01 Å². The fraction of sp³-hybridized carbons (Fsp3) is 0.667. The van der Waals surface area contributed by atoms with Gasteiger partial charge in [0, 0.05) is 31.6 Å². The Balaban J connectivity index is 1.78. The standard InChI is InChI=1S/C12H18ClN3O2S/c1-2-18-12(17)16-5-3-15(4-6-16)8-11-14-10(7-13)9-19-11/h9H,2-8H2,1H3. The van der Waals surface area contributed by atoms with E-state index < -0.39 is 0 Å². The predicted molar refractivity (Wildman–Crippen MR) is 75.5 cm³/mol. The molecule has 0 aromatic carbocycles. The molecule has 0 spiro atoms. The molecule has 5 nitrogen and oxygen atoms in total. The van der Waals surface area contributed by atoms with E-state index in [1.807, 2.05) is 12.3 Å². The van der Waals surface area contributed by atoms with Crippen LogP contribution in [-0.4, -0.2) is 53.7 Å². The van der Waals surface area contributed by atoms with Crippen molar-refractivity contribution in [1.29, 1.82) is 0 Å². The predicted octanol–water partition coefficient (Wildman–Crippen LogP) is 2.16. The van der Waals surface area contributed by atoms with Crippen molar-refractivity contribution in [3.8, 4) is 0 Å². The molecule has 1 aliphatic rings. The Kier molecular flexibility index (Phi) is 5.42. The van der Waals surface area contributed by atoms with Crippen LogP contribution in [0.4, 0.5) is 4.79 Å². The summed E-state index contributed by atoms with van der Waals surface area (Å²) in [5.41, 5.74) is 0.937. The van der Waals surface area contributed by atoms with Crippen LogP contribution in [0.15, 0.2) is 5.38 Å². The molecule has 0 unspecified atom stereocenters. The molecule has 0 atom stereocenters. The summed E-state index contributed by atoms with van der Waals surface area (Å²) in [5, 5.41) is 3.08. The lowest BCUT2D eigenvalue weighted by molar-refractivity contribution is 0.0778. The minimum Gasteiger partial charge on any atom is -0.450 e. The summed E-state index contributed by atoms with van der Waals surface area (Å²) >= 11 is 7.38. The van der Waals surface area contributed by atoms with E-state index in [4.69, 9.17) is 16.3 Å². The summed E-state index contributed by atoms with van der Waals surface area (Å²) < 4.78 is 5.00. The van der Waals surface area contributed by atoms with Crippen LogP contribution < -0.4 is 0 Å². The molecule has 19 heavy (non-hydrogen) atoms. The van der Waals surface area contributed by atoms with Gasteiger partial charge < -0.3 is 9.64 Å². The third-order valence-corrected chi connectivity index (χ3v) is 4.15. The van der Waals surface area contributed by atoms with Crippen molar-refractivity contribution < 1.29 is 9.53 Å². The monoisotopic (exact) mass is 303 g/mol. The number of rotatable bonds is 4. The van der Waals surface area contributed by atoms with Gasteiger partial charge >= 0.3 is 6.09 Å². The van der Waals surface area contributed by atoms with Gasteiger partial charge in [0.05, 0.1) is 24.7 Å². The van der Waals surface area contributed by atoms with Crippen LogP contribution in [0.3, 0.4) is 0 Å². The van der Waals surface area contributed by atoms with E-state index in [9.17, 15) is 4.79 Å². The topological polar surface area (TPSA) is 45.7 Å². The normalized spacial score (nSPS) is 16.6. The van der Waals surface area contributed by atoms with Gasteiger partial charge in [-0.2, -0.15) is 0 Å². The quantitative estimate of drug-likeness (QED) is 0.800. The van der Waals surface area contributed by atoms with Crippen LogP contribution >= 0.6 is 22.9 Å². The zero-order chi connectivity index (χ0) is 13.7. The molecule has 0 bridgehead atoms. The molecule has 0 aliphatic carbocycles. The summed E-state index contributed by atoms with van der Waals surface area (Å²) in [5.74, 6) is 0.465. The number of amides is 1. The van der Waals surface area contributed by atoms with E-state index in [2.05, 4.69) is 9.88 Å². The molecule has 1 fully saturated rings. The number of aromatic nitrogens is 1. The lowest BCUT2D eigenvalue weighted by Gasteiger charge is -2.33. The number of alkyl halides is 1. The van der Waals surface area contributed by atoms with E-state index in [-0.39, 0.29) is 6.09 Å². The first-order valence-electron chi connectivity index (χ1n) is 6.36. The Bertz CT molecular complexity index is 419. The van der Waals surface area contributed by atoms with E-state index in [0.717, 1.165) is 30.3 Å². The summed E-state index contributed by atoms with van der Waals surface area (Å²) in [6.07, 6.45) is -0.208. The van der Waals surface area contributed by atoms with Gasteiger partial charge in [0.2, 0.25) is 0 Å². The van der Waals surface area contributed by atoms with Gasteiger partial charge in [-0.3, -0.25) is 4.90 Å². The van der Waals surface area contributed by atoms with E-state index in [0.29, 0.717) is 25.6 Å². The molecule has 106 valence electrons. The largest absolute Gasteiger partial charge is 0.450 e. The van der Waals surface area contributed by atoms with Crippen molar-refractivity contribution in [2.45, 2.75) is 19.3 Å². The number of carbonyl (C=O) groups is 1. The Morgan fingerprint density at radius 3 is 2.79 bits per heavy atom. The van der Waals surface area contributed by atoms with Gasteiger partial charge in [-0.25, -0.2) is 9.78 Å². The fourth-order valence-electron chi connectivity index (χ4n) is 1.98.